The zero-order valence-corrected chi connectivity index (χ0v) is 15.8. The first-order valence-corrected chi connectivity index (χ1v) is 8.34. The second kappa shape index (κ2) is 9.97. The zero-order chi connectivity index (χ0) is 16.8. The van der Waals surface area contributed by atoms with Gasteiger partial charge in [0.15, 0.2) is 11.5 Å². The van der Waals surface area contributed by atoms with Gasteiger partial charge in [0.25, 0.3) is 0 Å². The number of para-hydroxylation sites is 1. The van der Waals surface area contributed by atoms with Crippen LogP contribution in [0.1, 0.15) is 33.1 Å². The number of β-amino-alcohol motifs (C(OH)–C–C–N with tert-alkyl or cyclic N) is 1. The number of aliphatic hydroxyl groups is 1. The minimum absolute atomic E-state index is 0. The third kappa shape index (κ3) is 5.16. The van der Waals surface area contributed by atoms with Crippen LogP contribution in [-0.4, -0.2) is 55.6 Å². The van der Waals surface area contributed by atoms with Crippen LogP contribution in [-0.2, 0) is 0 Å². The average Bonchev–Trinajstić information content (AvgIpc) is 2.56. The predicted octanol–water partition coefficient (Wildman–Crippen LogP) is 3.13. The molecule has 0 bridgehead atoms. The Balaban J connectivity index is 0.00000288. The first-order valence-electron chi connectivity index (χ1n) is 8.34. The lowest BCUT2D eigenvalue weighted by atomic mass is 9.97. The lowest BCUT2D eigenvalue weighted by molar-refractivity contribution is 0.0200. The molecule has 3 atom stereocenters. The molecule has 0 radical (unpaired) electrons. The van der Waals surface area contributed by atoms with Crippen LogP contribution >= 0.6 is 12.4 Å². The largest absolute Gasteiger partial charge is 0.493 e. The molecule has 1 saturated heterocycles. The van der Waals surface area contributed by atoms with Crippen molar-refractivity contribution in [3.63, 3.8) is 0 Å². The number of hydrogen-bond donors (Lipinski definition) is 1. The van der Waals surface area contributed by atoms with Crippen LogP contribution in [0.3, 0.4) is 0 Å². The molecule has 3 unspecified atom stereocenters. The van der Waals surface area contributed by atoms with Crippen molar-refractivity contribution in [1.82, 2.24) is 4.90 Å². The molecule has 0 amide bonds. The monoisotopic (exact) mass is 359 g/mol. The highest BCUT2D eigenvalue weighted by Crippen LogP contribution is 2.36. The number of rotatable bonds is 7. The lowest BCUT2D eigenvalue weighted by Crippen LogP contribution is -2.48. The standard InChI is InChI=1S/C18H29NO4.ClH/c1-13-7-5-8-14(2)19(13)11-15(20)12-23-18-16(21-3)9-6-10-17(18)22-4;/h6,9-10,13-15,20H,5,7-8,11-12H2,1-4H3;1H. The number of benzene rings is 1. The van der Waals surface area contributed by atoms with Crippen molar-refractivity contribution in [2.24, 2.45) is 0 Å². The number of halogens is 1. The lowest BCUT2D eigenvalue weighted by Gasteiger charge is -2.40. The maximum atomic E-state index is 10.4. The van der Waals surface area contributed by atoms with Gasteiger partial charge < -0.3 is 19.3 Å². The minimum Gasteiger partial charge on any atom is -0.493 e. The molecule has 138 valence electrons. The Hall–Kier alpha value is -1.17. The Morgan fingerprint density at radius 1 is 1.12 bits per heavy atom. The second-order valence-corrected chi connectivity index (χ2v) is 6.28. The number of piperidine rings is 1. The Morgan fingerprint density at radius 3 is 2.17 bits per heavy atom. The van der Waals surface area contributed by atoms with Crippen molar-refractivity contribution < 1.29 is 19.3 Å². The van der Waals surface area contributed by atoms with Gasteiger partial charge in [-0.3, -0.25) is 4.90 Å². The van der Waals surface area contributed by atoms with Gasteiger partial charge >= 0.3 is 0 Å². The summed E-state index contributed by atoms with van der Waals surface area (Å²) in [6, 6.07) is 6.50. The number of hydrogen-bond acceptors (Lipinski definition) is 5. The fourth-order valence-corrected chi connectivity index (χ4v) is 3.27. The maximum absolute atomic E-state index is 10.4. The summed E-state index contributed by atoms with van der Waals surface area (Å²) in [6.45, 7) is 5.30. The van der Waals surface area contributed by atoms with E-state index in [0.717, 1.165) is 0 Å². The molecule has 1 aliphatic rings. The second-order valence-electron chi connectivity index (χ2n) is 6.28. The third-order valence-electron chi connectivity index (χ3n) is 4.60. The fourth-order valence-electron chi connectivity index (χ4n) is 3.27. The van der Waals surface area contributed by atoms with Crippen LogP contribution in [0.4, 0.5) is 0 Å². The van der Waals surface area contributed by atoms with E-state index in [0.29, 0.717) is 35.9 Å². The molecule has 6 heteroatoms. The number of ether oxygens (including phenoxy) is 3. The Morgan fingerprint density at radius 2 is 1.67 bits per heavy atom. The van der Waals surface area contributed by atoms with E-state index in [2.05, 4.69) is 18.7 Å². The summed E-state index contributed by atoms with van der Waals surface area (Å²) in [7, 11) is 3.18. The summed E-state index contributed by atoms with van der Waals surface area (Å²) < 4.78 is 16.4. The van der Waals surface area contributed by atoms with Gasteiger partial charge in [-0.15, -0.1) is 12.4 Å². The molecule has 2 rings (SSSR count). The predicted molar refractivity (Wildman–Crippen MR) is 97.8 cm³/mol. The summed E-state index contributed by atoms with van der Waals surface area (Å²) in [5.74, 6) is 1.75. The summed E-state index contributed by atoms with van der Waals surface area (Å²) in [5, 5.41) is 10.4. The van der Waals surface area contributed by atoms with Crippen LogP contribution in [0.25, 0.3) is 0 Å². The van der Waals surface area contributed by atoms with Gasteiger partial charge in [0.1, 0.15) is 12.7 Å². The van der Waals surface area contributed by atoms with Crippen LogP contribution in [0, 0.1) is 0 Å². The molecule has 0 aliphatic carbocycles. The van der Waals surface area contributed by atoms with Crippen molar-refractivity contribution in [3.8, 4) is 17.2 Å². The maximum Gasteiger partial charge on any atom is 0.203 e. The summed E-state index contributed by atoms with van der Waals surface area (Å²) >= 11 is 0. The fraction of sp³-hybridized carbons (Fsp3) is 0.667. The van der Waals surface area contributed by atoms with Gasteiger partial charge in [0.2, 0.25) is 5.75 Å². The Bertz CT molecular complexity index is 468. The SMILES string of the molecule is COc1cccc(OC)c1OCC(O)CN1C(C)CCCC1C.Cl. The molecule has 1 aromatic rings. The van der Waals surface area contributed by atoms with Crippen molar-refractivity contribution in [2.75, 3.05) is 27.4 Å². The van der Waals surface area contributed by atoms with E-state index in [1.165, 1.54) is 19.3 Å². The highest BCUT2D eigenvalue weighted by molar-refractivity contribution is 5.85. The van der Waals surface area contributed by atoms with Crippen LogP contribution in [0.5, 0.6) is 17.2 Å². The molecular weight excluding hydrogens is 330 g/mol. The molecule has 24 heavy (non-hydrogen) atoms. The number of aliphatic hydroxyl groups excluding tert-OH is 1. The molecule has 1 aliphatic heterocycles. The molecule has 0 saturated carbocycles. The van der Waals surface area contributed by atoms with E-state index < -0.39 is 6.10 Å². The van der Waals surface area contributed by atoms with E-state index in [1.54, 1.807) is 14.2 Å². The van der Waals surface area contributed by atoms with Crippen molar-refractivity contribution in [2.45, 2.75) is 51.3 Å². The van der Waals surface area contributed by atoms with Crippen LogP contribution < -0.4 is 14.2 Å². The first kappa shape index (κ1) is 20.9. The van der Waals surface area contributed by atoms with Gasteiger partial charge in [0, 0.05) is 18.6 Å². The topological polar surface area (TPSA) is 51.2 Å². The van der Waals surface area contributed by atoms with E-state index >= 15 is 0 Å². The normalized spacial score (nSPS) is 22.4. The van der Waals surface area contributed by atoms with Crippen molar-refractivity contribution >= 4 is 12.4 Å². The summed E-state index contributed by atoms with van der Waals surface area (Å²) in [6.07, 6.45) is 3.10. The van der Waals surface area contributed by atoms with E-state index in [9.17, 15) is 5.11 Å². The van der Waals surface area contributed by atoms with Crippen LogP contribution in [0.15, 0.2) is 18.2 Å². The Kier molecular flexibility index (Phi) is 8.67. The molecular formula is C18H30ClNO4. The zero-order valence-electron chi connectivity index (χ0n) is 15.0. The van der Waals surface area contributed by atoms with Crippen LogP contribution in [0.2, 0.25) is 0 Å². The highest BCUT2D eigenvalue weighted by Gasteiger charge is 2.26. The Labute approximate surface area is 151 Å². The number of nitrogens with zero attached hydrogens (tertiary/aromatic N) is 1. The van der Waals surface area contributed by atoms with E-state index in [4.69, 9.17) is 14.2 Å². The minimum atomic E-state index is -0.549. The van der Waals surface area contributed by atoms with Gasteiger partial charge in [-0.05, 0) is 38.8 Å². The third-order valence-corrected chi connectivity index (χ3v) is 4.60. The molecule has 5 nitrogen and oxygen atoms in total. The van der Waals surface area contributed by atoms with Gasteiger partial charge in [-0.1, -0.05) is 12.5 Å². The molecule has 1 N–H and O–H groups in total. The molecule has 0 aromatic heterocycles. The highest BCUT2D eigenvalue weighted by atomic mass is 35.5. The number of likely N-dealkylation sites (tertiary alicyclic amines) is 1. The van der Waals surface area contributed by atoms with Gasteiger partial charge in [-0.25, -0.2) is 0 Å². The average molecular weight is 360 g/mol. The van der Waals surface area contributed by atoms with Gasteiger partial charge in [-0.2, -0.15) is 0 Å². The van der Waals surface area contributed by atoms with Gasteiger partial charge in [0.05, 0.1) is 14.2 Å². The van der Waals surface area contributed by atoms with E-state index in [1.807, 2.05) is 18.2 Å². The van der Waals surface area contributed by atoms with Crippen molar-refractivity contribution in [3.05, 3.63) is 18.2 Å². The molecule has 1 aromatic carbocycles. The molecule has 1 fully saturated rings. The summed E-state index contributed by atoms with van der Waals surface area (Å²) in [4.78, 5) is 2.37. The smallest absolute Gasteiger partial charge is 0.203 e. The quantitative estimate of drug-likeness (QED) is 0.810. The van der Waals surface area contributed by atoms with E-state index in [-0.39, 0.29) is 19.0 Å². The molecule has 1 heterocycles. The van der Waals surface area contributed by atoms with Crippen molar-refractivity contribution in [1.29, 1.82) is 0 Å². The number of methoxy groups -OCH3 is 2. The molecule has 0 spiro atoms. The first-order chi connectivity index (χ1) is 11.1. The summed E-state index contributed by atoms with van der Waals surface area (Å²) in [5.41, 5.74) is 0.